The first-order chi connectivity index (χ1) is 13.2. The molecule has 0 N–H and O–H groups in total. The maximum Gasteiger partial charge on any atom is 0.255 e. The summed E-state index contributed by atoms with van der Waals surface area (Å²) >= 11 is 0. The van der Waals surface area contributed by atoms with Gasteiger partial charge in [0.05, 0.1) is 30.7 Å². The Balaban J connectivity index is 1.41. The molecule has 2 saturated heterocycles. The summed E-state index contributed by atoms with van der Waals surface area (Å²) in [5.74, 6) is -0.206. The predicted octanol–water partition coefficient (Wildman–Crippen LogP) is 2.02. The molecule has 0 atom stereocenters. The fourth-order valence-electron chi connectivity index (χ4n) is 3.54. The minimum absolute atomic E-state index is 0.0117. The quantitative estimate of drug-likeness (QED) is 0.827. The molecular formula is C20H23FN4O2. The second-order valence-electron chi connectivity index (χ2n) is 6.79. The smallest absolute Gasteiger partial charge is 0.255 e. The monoisotopic (exact) mass is 370 g/mol. The SMILES string of the molecule is O=C(c1cncc(N2CCN(c3ccc(F)cc3)CC2)c1)N1CCOCC1. The van der Waals surface area contributed by atoms with Crippen molar-refractivity contribution < 1.29 is 13.9 Å². The van der Waals surface area contributed by atoms with Crippen LogP contribution < -0.4 is 9.80 Å². The van der Waals surface area contributed by atoms with Crippen molar-refractivity contribution >= 4 is 17.3 Å². The largest absolute Gasteiger partial charge is 0.378 e. The number of piperazine rings is 1. The molecule has 0 saturated carbocycles. The van der Waals surface area contributed by atoms with E-state index in [2.05, 4.69) is 14.8 Å². The average Bonchev–Trinajstić information content (AvgIpc) is 2.75. The number of nitrogens with zero attached hydrogens (tertiary/aromatic N) is 4. The van der Waals surface area contributed by atoms with Crippen LogP contribution in [0.25, 0.3) is 0 Å². The van der Waals surface area contributed by atoms with Crippen LogP contribution in [0.15, 0.2) is 42.7 Å². The van der Waals surface area contributed by atoms with Crippen LogP contribution in [0.2, 0.25) is 0 Å². The molecule has 2 aliphatic rings. The summed E-state index contributed by atoms with van der Waals surface area (Å²) in [6, 6.07) is 8.54. The highest BCUT2D eigenvalue weighted by atomic mass is 19.1. The molecule has 6 nitrogen and oxygen atoms in total. The minimum Gasteiger partial charge on any atom is -0.378 e. The molecule has 4 rings (SSSR count). The van der Waals surface area contributed by atoms with Gasteiger partial charge in [0.1, 0.15) is 5.82 Å². The van der Waals surface area contributed by atoms with E-state index in [1.807, 2.05) is 29.3 Å². The van der Waals surface area contributed by atoms with E-state index in [-0.39, 0.29) is 11.7 Å². The molecule has 0 aliphatic carbocycles. The van der Waals surface area contributed by atoms with Gasteiger partial charge in [0.2, 0.25) is 0 Å². The summed E-state index contributed by atoms with van der Waals surface area (Å²) in [5.41, 5.74) is 2.62. The molecule has 7 heteroatoms. The zero-order valence-corrected chi connectivity index (χ0v) is 15.2. The van der Waals surface area contributed by atoms with Crippen LogP contribution in [-0.2, 0) is 4.74 Å². The first-order valence-corrected chi connectivity index (χ1v) is 9.28. The molecule has 0 radical (unpaired) electrons. The standard InChI is InChI=1S/C20H23FN4O2/c21-17-1-3-18(4-2-17)23-5-7-24(8-6-23)19-13-16(14-22-15-19)20(26)25-9-11-27-12-10-25/h1-4,13-15H,5-12H2. The maximum atomic E-state index is 13.1. The van der Waals surface area contributed by atoms with E-state index in [9.17, 15) is 9.18 Å². The number of carbonyl (C=O) groups is 1. The van der Waals surface area contributed by atoms with Crippen molar-refractivity contribution in [1.82, 2.24) is 9.88 Å². The summed E-state index contributed by atoms with van der Waals surface area (Å²) in [5, 5.41) is 0. The number of hydrogen-bond acceptors (Lipinski definition) is 5. The van der Waals surface area contributed by atoms with E-state index in [4.69, 9.17) is 4.74 Å². The number of benzene rings is 1. The fraction of sp³-hybridized carbons (Fsp3) is 0.400. The highest BCUT2D eigenvalue weighted by molar-refractivity contribution is 5.94. The zero-order valence-electron chi connectivity index (χ0n) is 15.2. The zero-order chi connectivity index (χ0) is 18.6. The number of halogens is 1. The van der Waals surface area contributed by atoms with Crippen LogP contribution in [0.1, 0.15) is 10.4 Å². The lowest BCUT2D eigenvalue weighted by atomic mass is 10.2. The number of pyridine rings is 1. The van der Waals surface area contributed by atoms with Crippen molar-refractivity contribution in [3.63, 3.8) is 0 Å². The molecule has 2 aliphatic heterocycles. The van der Waals surface area contributed by atoms with Gasteiger partial charge in [-0.3, -0.25) is 9.78 Å². The molecule has 1 amide bonds. The summed E-state index contributed by atoms with van der Waals surface area (Å²) in [6.45, 7) is 5.76. The van der Waals surface area contributed by atoms with E-state index >= 15 is 0 Å². The van der Waals surface area contributed by atoms with Gasteiger partial charge in [0.25, 0.3) is 5.91 Å². The third kappa shape index (κ3) is 4.03. The Kier molecular flexibility index (Phi) is 5.20. The van der Waals surface area contributed by atoms with Crippen LogP contribution in [-0.4, -0.2) is 68.3 Å². The second kappa shape index (κ2) is 7.92. The third-order valence-corrected chi connectivity index (χ3v) is 5.11. The Morgan fingerprint density at radius 2 is 1.52 bits per heavy atom. The van der Waals surface area contributed by atoms with E-state index in [1.165, 1.54) is 12.1 Å². The number of ether oxygens (including phenoxy) is 1. The van der Waals surface area contributed by atoms with E-state index < -0.39 is 0 Å². The first-order valence-electron chi connectivity index (χ1n) is 9.28. The molecule has 0 bridgehead atoms. The van der Waals surface area contributed by atoms with E-state index in [0.29, 0.717) is 31.9 Å². The Morgan fingerprint density at radius 3 is 2.19 bits per heavy atom. The normalized spacial score (nSPS) is 17.9. The Hall–Kier alpha value is -2.67. The molecule has 2 aromatic rings. The van der Waals surface area contributed by atoms with Crippen molar-refractivity contribution in [2.24, 2.45) is 0 Å². The molecular weight excluding hydrogens is 347 g/mol. The lowest BCUT2D eigenvalue weighted by molar-refractivity contribution is 0.0302. The first kappa shape index (κ1) is 17.7. The van der Waals surface area contributed by atoms with Gasteiger partial charge >= 0.3 is 0 Å². The van der Waals surface area contributed by atoms with Crippen molar-refractivity contribution in [2.45, 2.75) is 0 Å². The molecule has 142 valence electrons. The van der Waals surface area contributed by atoms with Gasteiger partial charge in [-0.1, -0.05) is 0 Å². The lowest BCUT2D eigenvalue weighted by Gasteiger charge is -2.37. The number of hydrogen-bond donors (Lipinski definition) is 0. The Labute approximate surface area is 158 Å². The number of aromatic nitrogens is 1. The average molecular weight is 370 g/mol. The van der Waals surface area contributed by atoms with Gasteiger partial charge in [0, 0.05) is 51.2 Å². The van der Waals surface area contributed by atoms with Gasteiger partial charge in [-0.15, -0.1) is 0 Å². The second-order valence-corrected chi connectivity index (χ2v) is 6.79. The third-order valence-electron chi connectivity index (χ3n) is 5.11. The van der Waals surface area contributed by atoms with Crippen molar-refractivity contribution in [2.75, 3.05) is 62.3 Å². The molecule has 1 aromatic heterocycles. The summed E-state index contributed by atoms with van der Waals surface area (Å²) < 4.78 is 18.4. The van der Waals surface area contributed by atoms with E-state index in [1.54, 1.807) is 6.20 Å². The van der Waals surface area contributed by atoms with Crippen molar-refractivity contribution in [1.29, 1.82) is 0 Å². The van der Waals surface area contributed by atoms with Crippen LogP contribution >= 0.6 is 0 Å². The number of rotatable bonds is 3. The fourth-order valence-corrected chi connectivity index (χ4v) is 3.54. The molecule has 0 spiro atoms. The minimum atomic E-state index is -0.217. The van der Waals surface area contributed by atoms with Crippen LogP contribution in [0.4, 0.5) is 15.8 Å². The Morgan fingerprint density at radius 1 is 0.889 bits per heavy atom. The lowest BCUT2D eigenvalue weighted by Crippen LogP contribution is -2.46. The Bertz CT molecular complexity index is 785. The molecule has 1 aromatic carbocycles. The van der Waals surface area contributed by atoms with Crippen molar-refractivity contribution in [3.05, 3.63) is 54.1 Å². The summed E-state index contributed by atoms with van der Waals surface area (Å²) in [7, 11) is 0. The molecule has 2 fully saturated rings. The van der Waals surface area contributed by atoms with Gasteiger partial charge < -0.3 is 19.4 Å². The number of morpholine rings is 1. The molecule has 27 heavy (non-hydrogen) atoms. The highest BCUT2D eigenvalue weighted by Gasteiger charge is 2.22. The van der Waals surface area contributed by atoms with Crippen molar-refractivity contribution in [3.8, 4) is 0 Å². The number of carbonyl (C=O) groups excluding carboxylic acids is 1. The van der Waals surface area contributed by atoms with Gasteiger partial charge in [-0.25, -0.2) is 4.39 Å². The molecule has 0 unspecified atom stereocenters. The van der Waals surface area contributed by atoms with E-state index in [0.717, 1.165) is 37.6 Å². The van der Waals surface area contributed by atoms with Gasteiger partial charge in [-0.05, 0) is 30.3 Å². The van der Waals surface area contributed by atoms with Crippen LogP contribution in [0, 0.1) is 5.82 Å². The number of anilines is 2. The molecule has 3 heterocycles. The number of amides is 1. The summed E-state index contributed by atoms with van der Waals surface area (Å²) in [6.07, 6.45) is 3.44. The van der Waals surface area contributed by atoms with Crippen LogP contribution in [0.5, 0.6) is 0 Å². The maximum absolute atomic E-state index is 13.1. The highest BCUT2D eigenvalue weighted by Crippen LogP contribution is 2.21. The van der Waals surface area contributed by atoms with Gasteiger partial charge in [0.15, 0.2) is 0 Å². The van der Waals surface area contributed by atoms with Crippen LogP contribution in [0.3, 0.4) is 0 Å². The predicted molar refractivity (Wildman–Crippen MR) is 102 cm³/mol. The summed E-state index contributed by atoms with van der Waals surface area (Å²) in [4.78, 5) is 23.3. The topological polar surface area (TPSA) is 48.9 Å². The van der Waals surface area contributed by atoms with Gasteiger partial charge in [-0.2, -0.15) is 0 Å².